The Labute approximate surface area is 97.0 Å². The lowest BCUT2D eigenvalue weighted by Crippen LogP contribution is -2.31. The van der Waals surface area contributed by atoms with Crippen LogP contribution in [0.2, 0.25) is 0 Å². The van der Waals surface area contributed by atoms with Gasteiger partial charge in [0.1, 0.15) is 0 Å². The SMILES string of the molecule is CCNC(c1cnn(C)c1)C1CCOCC1. The van der Waals surface area contributed by atoms with Crippen LogP contribution in [0.5, 0.6) is 0 Å². The summed E-state index contributed by atoms with van der Waals surface area (Å²) in [6, 6.07) is 0.433. The third-order valence-corrected chi connectivity index (χ3v) is 3.25. The van der Waals surface area contributed by atoms with E-state index in [0.29, 0.717) is 12.0 Å². The molecule has 1 unspecified atom stereocenters. The molecule has 1 atom stereocenters. The van der Waals surface area contributed by atoms with Crippen molar-refractivity contribution in [3.63, 3.8) is 0 Å². The third kappa shape index (κ3) is 2.62. The average Bonchev–Trinajstić information content (AvgIpc) is 2.74. The van der Waals surface area contributed by atoms with Gasteiger partial charge < -0.3 is 10.1 Å². The van der Waals surface area contributed by atoms with Crippen molar-refractivity contribution in [1.82, 2.24) is 15.1 Å². The molecular formula is C12H21N3O. The smallest absolute Gasteiger partial charge is 0.0537 e. The van der Waals surface area contributed by atoms with E-state index < -0.39 is 0 Å². The topological polar surface area (TPSA) is 39.1 Å². The van der Waals surface area contributed by atoms with Gasteiger partial charge in [-0.1, -0.05) is 6.92 Å². The molecule has 0 aromatic carbocycles. The summed E-state index contributed by atoms with van der Waals surface area (Å²) in [6.07, 6.45) is 6.38. The molecule has 1 aliphatic heterocycles. The van der Waals surface area contributed by atoms with E-state index in [-0.39, 0.29) is 0 Å². The van der Waals surface area contributed by atoms with E-state index in [1.165, 1.54) is 5.56 Å². The van der Waals surface area contributed by atoms with Gasteiger partial charge in [-0.05, 0) is 25.3 Å². The van der Waals surface area contributed by atoms with E-state index in [2.05, 4.69) is 23.5 Å². The van der Waals surface area contributed by atoms with Crippen molar-refractivity contribution in [3.8, 4) is 0 Å². The van der Waals surface area contributed by atoms with Crippen LogP contribution in [0.15, 0.2) is 12.4 Å². The minimum Gasteiger partial charge on any atom is -0.381 e. The molecule has 0 amide bonds. The maximum absolute atomic E-state index is 5.42. The van der Waals surface area contributed by atoms with E-state index in [9.17, 15) is 0 Å². The fourth-order valence-corrected chi connectivity index (χ4v) is 2.43. The molecule has 1 aliphatic rings. The number of aryl methyl sites for hydroxylation is 1. The summed E-state index contributed by atoms with van der Waals surface area (Å²) >= 11 is 0. The van der Waals surface area contributed by atoms with Gasteiger partial charge in [0.05, 0.1) is 6.20 Å². The molecule has 1 N–H and O–H groups in total. The molecule has 2 heterocycles. The van der Waals surface area contributed by atoms with Crippen molar-refractivity contribution >= 4 is 0 Å². The number of ether oxygens (including phenoxy) is 1. The number of nitrogens with zero attached hydrogens (tertiary/aromatic N) is 2. The second-order valence-corrected chi connectivity index (χ2v) is 4.43. The molecule has 1 aromatic heterocycles. The standard InChI is InChI=1S/C12H21N3O/c1-3-13-12(10-4-6-16-7-5-10)11-8-14-15(2)9-11/h8-10,12-13H,3-7H2,1-2H3. The lowest BCUT2D eigenvalue weighted by Gasteiger charge is -2.30. The van der Waals surface area contributed by atoms with Crippen molar-refractivity contribution in [2.45, 2.75) is 25.8 Å². The van der Waals surface area contributed by atoms with E-state index in [1.807, 2.05) is 17.9 Å². The van der Waals surface area contributed by atoms with E-state index in [1.54, 1.807) is 0 Å². The molecule has 1 fully saturated rings. The average molecular weight is 223 g/mol. The van der Waals surface area contributed by atoms with Gasteiger partial charge in [-0.3, -0.25) is 4.68 Å². The van der Waals surface area contributed by atoms with Gasteiger partial charge in [0.2, 0.25) is 0 Å². The van der Waals surface area contributed by atoms with Crippen molar-refractivity contribution in [1.29, 1.82) is 0 Å². The second kappa shape index (κ2) is 5.46. The van der Waals surface area contributed by atoms with Gasteiger partial charge in [-0.2, -0.15) is 5.10 Å². The monoisotopic (exact) mass is 223 g/mol. The molecule has 0 saturated carbocycles. The molecule has 0 bridgehead atoms. The first-order valence-corrected chi connectivity index (χ1v) is 6.11. The van der Waals surface area contributed by atoms with Crippen molar-refractivity contribution in [2.75, 3.05) is 19.8 Å². The third-order valence-electron chi connectivity index (χ3n) is 3.25. The number of hydrogen-bond acceptors (Lipinski definition) is 3. The number of nitrogens with one attached hydrogen (secondary N) is 1. The molecule has 16 heavy (non-hydrogen) atoms. The summed E-state index contributed by atoms with van der Waals surface area (Å²) in [5.74, 6) is 0.679. The highest BCUT2D eigenvalue weighted by Gasteiger charge is 2.25. The van der Waals surface area contributed by atoms with Crippen molar-refractivity contribution in [3.05, 3.63) is 18.0 Å². The normalized spacial score (nSPS) is 19.9. The molecular weight excluding hydrogens is 202 g/mol. The van der Waals surface area contributed by atoms with Gasteiger partial charge in [0.25, 0.3) is 0 Å². The van der Waals surface area contributed by atoms with Crippen LogP contribution in [0.4, 0.5) is 0 Å². The predicted molar refractivity (Wildman–Crippen MR) is 63.2 cm³/mol. The minimum absolute atomic E-state index is 0.433. The quantitative estimate of drug-likeness (QED) is 0.840. The van der Waals surface area contributed by atoms with Gasteiger partial charge >= 0.3 is 0 Å². The Balaban J connectivity index is 2.09. The van der Waals surface area contributed by atoms with Crippen LogP contribution in [0.1, 0.15) is 31.4 Å². The summed E-state index contributed by atoms with van der Waals surface area (Å²) in [4.78, 5) is 0. The first-order chi connectivity index (χ1) is 7.81. The zero-order valence-electron chi connectivity index (χ0n) is 10.1. The zero-order chi connectivity index (χ0) is 11.4. The molecule has 0 radical (unpaired) electrons. The summed E-state index contributed by atoms with van der Waals surface area (Å²) in [5.41, 5.74) is 1.30. The summed E-state index contributed by atoms with van der Waals surface area (Å²) < 4.78 is 7.29. The van der Waals surface area contributed by atoms with Crippen LogP contribution in [-0.4, -0.2) is 29.5 Å². The van der Waals surface area contributed by atoms with Crippen LogP contribution in [0, 0.1) is 5.92 Å². The van der Waals surface area contributed by atoms with Gasteiger partial charge in [-0.25, -0.2) is 0 Å². The Bertz CT molecular complexity index is 318. The van der Waals surface area contributed by atoms with Crippen LogP contribution >= 0.6 is 0 Å². The zero-order valence-corrected chi connectivity index (χ0v) is 10.1. The molecule has 0 spiro atoms. The van der Waals surface area contributed by atoms with Crippen molar-refractivity contribution < 1.29 is 4.74 Å². The first-order valence-electron chi connectivity index (χ1n) is 6.11. The summed E-state index contributed by atoms with van der Waals surface area (Å²) in [7, 11) is 1.97. The Hall–Kier alpha value is -0.870. The van der Waals surface area contributed by atoms with Crippen LogP contribution in [-0.2, 0) is 11.8 Å². The van der Waals surface area contributed by atoms with Gasteiger partial charge in [-0.15, -0.1) is 0 Å². The predicted octanol–water partition coefficient (Wildman–Crippen LogP) is 1.50. The van der Waals surface area contributed by atoms with Crippen LogP contribution in [0.25, 0.3) is 0 Å². The molecule has 4 nitrogen and oxygen atoms in total. The minimum atomic E-state index is 0.433. The number of hydrogen-bond donors (Lipinski definition) is 1. The lowest BCUT2D eigenvalue weighted by atomic mass is 9.88. The lowest BCUT2D eigenvalue weighted by molar-refractivity contribution is 0.0538. The Kier molecular flexibility index (Phi) is 3.96. The van der Waals surface area contributed by atoms with E-state index in [0.717, 1.165) is 32.6 Å². The van der Waals surface area contributed by atoms with Crippen LogP contribution < -0.4 is 5.32 Å². The largest absolute Gasteiger partial charge is 0.381 e. The van der Waals surface area contributed by atoms with Crippen molar-refractivity contribution in [2.24, 2.45) is 13.0 Å². The van der Waals surface area contributed by atoms with Gasteiger partial charge in [0, 0.05) is 38.1 Å². The highest BCUT2D eigenvalue weighted by atomic mass is 16.5. The van der Waals surface area contributed by atoms with Gasteiger partial charge in [0.15, 0.2) is 0 Å². The molecule has 2 rings (SSSR count). The summed E-state index contributed by atoms with van der Waals surface area (Å²) in [5, 5.41) is 7.83. The highest BCUT2D eigenvalue weighted by Crippen LogP contribution is 2.29. The van der Waals surface area contributed by atoms with Crippen LogP contribution in [0.3, 0.4) is 0 Å². The maximum Gasteiger partial charge on any atom is 0.0537 e. The molecule has 0 aliphatic carbocycles. The molecule has 4 heteroatoms. The highest BCUT2D eigenvalue weighted by molar-refractivity contribution is 5.12. The Morgan fingerprint density at radius 1 is 1.56 bits per heavy atom. The molecule has 90 valence electrons. The van der Waals surface area contributed by atoms with E-state index >= 15 is 0 Å². The second-order valence-electron chi connectivity index (χ2n) is 4.43. The fourth-order valence-electron chi connectivity index (χ4n) is 2.43. The Morgan fingerprint density at radius 2 is 2.31 bits per heavy atom. The first kappa shape index (κ1) is 11.6. The fraction of sp³-hybridized carbons (Fsp3) is 0.750. The summed E-state index contributed by atoms with van der Waals surface area (Å²) in [6.45, 7) is 4.94. The molecule has 1 saturated heterocycles. The molecule has 1 aromatic rings. The number of aromatic nitrogens is 2. The maximum atomic E-state index is 5.42. The van der Waals surface area contributed by atoms with E-state index in [4.69, 9.17) is 4.74 Å². The number of rotatable bonds is 4. The Morgan fingerprint density at radius 3 is 2.88 bits per heavy atom.